The quantitative estimate of drug-likeness (QED) is 0.885. The third-order valence-corrected chi connectivity index (χ3v) is 7.11. The summed E-state index contributed by atoms with van der Waals surface area (Å²) >= 11 is 0. The highest BCUT2D eigenvalue weighted by Crippen LogP contribution is 2.43. The van der Waals surface area contributed by atoms with Gasteiger partial charge < -0.3 is 5.11 Å². The number of Topliss-reactive ketones (excluding diaryl/α,β-unsaturated/α-hetero) is 1. The summed E-state index contributed by atoms with van der Waals surface area (Å²) < 4.78 is 0. The van der Waals surface area contributed by atoms with Crippen molar-refractivity contribution in [3.63, 3.8) is 0 Å². The van der Waals surface area contributed by atoms with E-state index in [9.17, 15) is 9.90 Å². The second-order valence-electron chi connectivity index (χ2n) is 8.88. The van der Waals surface area contributed by atoms with Gasteiger partial charge in [-0.1, -0.05) is 42.5 Å². The topological polar surface area (TPSA) is 37.3 Å². The molecule has 2 heteroatoms. The van der Waals surface area contributed by atoms with Gasteiger partial charge in [-0.2, -0.15) is 0 Å². The van der Waals surface area contributed by atoms with Crippen molar-refractivity contribution in [1.82, 2.24) is 0 Å². The average molecular weight is 373 g/mol. The van der Waals surface area contributed by atoms with Crippen LogP contribution < -0.4 is 10.4 Å². The van der Waals surface area contributed by atoms with Crippen molar-refractivity contribution in [2.75, 3.05) is 0 Å². The van der Waals surface area contributed by atoms with E-state index in [2.05, 4.69) is 42.5 Å². The van der Waals surface area contributed by atoms with Crippen LogP contribution in [0.2, 0.25) is 0 Å². The number of hydrogen-bond acceptors (Lipinski definition) is 2. The lowest BCUT2D eigenvalue weighted by Gasteiger charge is -2.30. The molecule has 4 aliphatic carbocycles. The number of carbonyl (C=O) groups excluding carboxylic acids is 1. The number of ketones is 1. The maximum atomic E-state index is 12.4. The van der Waals surface area contributed by atoms with Gasteiger partial charge in [0.15, 0.2) is 0 Å². The summed E-state index contributed by atoms with van der Waals surface area (Å²) in [5, 5.41) is 13.4. The van der Waals surface area contributed by atoms with Gasteiger partial charge in [0.2, 0.25) is 0 Å². The smallest absolute Gasteiger partial charge is 0.136 e. The van der Waals surface area contributed by atoms with Crippen molar-refractivity contribution >= 4 is 17.9 Å². The molecule has 0 heterocycles. The Morgan fingerprint density at radius 2 is 1.71 bits per heavy atom. The average Bonchev–Trinajstić information content (AvgIpc) is 3.35. The molecule has 144 valence electrons. The van der Waals surface area contributed by atoms with Crippen LogP contribution in [0.25, 0.3) is 12.2 Å². The first-order valence-electron chi connectivity index (χ1n) is 10.7. The lowest BCUT2D eigenvalue weighted by Crippen LogP contribution is -2.40. The van der Waals surface area contributed by atoms with Gasteiger partial charge in [-0.25, -0.2) is 0 Å². The number of aliphatic hydroxyl groups excluding tert-OH is 1. The van der Waals surface area contributed by atoms with Crippen molar-refractivity contribution in [3.05, 3.63) is 69.1 Å². The molecular weight excluding hydrogens is 344 g/mol. The highest BCUT2D eigenvalue weighted by molar-refractivity contribution is 5.82. The molecular formula is C26H28O2. The molecule has 0 fully saturated rings. The van der Waals surface area contributed by atoms with Gasteiger partial charge in [0, 0.05) is 11.8 Å². The Morgan fingerprint density at radius 1 is 1.00 bits per heavy atom. The highest BCUT2D eigenvalue weighted by atomic mass is 16.3. The molecule has 0 aliphatic heterocycles. The molecule has 5 rings (SSSR count). The molecule has 0 radical (unpaired) electrons. The van der Waals surface area contributed by atoms with Crippen LogP contribution in [0.3, 0.4) is 0 Å². The molecule has 1 N–H and O–H groups in total. The summed E-state index contributed by atoms with van der Waals surface area (Å²) in [7, 11) is 0. The van der Waals surface area contributed by atoms with Crippen LogP contribution >= 0.6 is 0 Å². The molecule has 0 aromatic heterocycles. The molecule has 0 saturated carbocycles. The van der Waals surface area contributed by atoms with Gasteiger partial charge in [-0.3, -0.25) is 4.79 Å². The number of carbonyl (C=O) groups is 1. The number of benzene rings is 1. The van der Waals surface area contributed by atoms with E-state index in [0.717, 1.165) is 30.9 Å². The minimum absolute atomic E-state index is 0.00764. The Balaban J connectivity index is 1.51. The minimum Gasteiger partial charge on any atom is -0.388 e. The molecule has 0 amide bonds. The van der Waals surface area contributed by atoms with E-state index in [1.165, 1.54) is 40.3 Å². The van der Waals surface area contributed by atoms with Crippen LogP contribution in [0, 0.1) is 17.8 Å². The largest absolute Gasteiger partial charge is 0.388 e. The first-order chi connectivity index (χ1) is 13.6. The molecule has 1 aromatic carbocycles. The van der Waals surface area contributed by atoms with E-state index in [1.54, 1.807) is 6.92 Å². The Bertz CT molecular complexity index is 1040. The third kappa shape index (κ3) is 3.04. The van der Waals surface area contributed by atoms with Crippen LogP contribution in [0.4, 0.5) is 0 Å². The van der Waals surface area contributed by atoms with E-state index in [-0.39, 0.29) is 23.5 Å². The molecule has 1 aromatic rings. The molecule has 4 unspecified atom stereocenters. The number of fused-ring (bicyclic) bond motifs is 2. The number of aliphatic hydroxyl groups is 1. The molecule has 0 bridgehead atoms. The zero-order valence-electron chi connectivity index (χ0n) is 16.5. The van der Waals surface area contributed by atoms with Crippen LogP contribution in [0.5, 0.6) is 0 Å². The van der Waals surface area contributed by atoms with Crippen LogP contribution in [0.1, 0.15) is 43.7 Å². The number of rotatable bonds is 3. The van der Waals surface area contributed by atoms with Gasteiger partial charge in [-0.15, -0.1) is 0 Å². The fraction of sp³-hybridized carbons (Fsp3) is 0.423. The lowest BCUT2D eigenvalue weighted by molar-refractivity contribution is -0.121. The van der Waals surface area contributed by atoms with Gasteiger partial charge in [0.25, 0.3) is 0 Å². The summed E-state index contributed by atoms with van der Waals surface area (Å²) in [5.41, 5.74) is 5.55. The monoisotopic (exact) mass is 372 g/mol. The Hall–Kier alpha value is -2.19. The highest BCUT2D eigenvalue weighted by Gasteiger charge is 2.39. The standard InChI is InChI=1S/C26H28O2/c1-16(27)23-12-22(17-6-2-3-7-17)13-24(23)25-14-20-10-18-8-4-5-9-19(18)11-21(20)15-26(25)28/h2-3,6,10-12,14-15,23-26,28H,4-5,7-9,13H2,1H3. The molecule has 0 spiro atoms. The zero-order valence-corrected chi connectivity index (χ0v) is 16.5. The second-order valence-corrected chi connectivity index (χ2v) is 8.88. The number of allylic oxidation sites excluding steroid dienone is 6. The van der Waals surface area contributed by atoms with Crippen molar-refractivity contribution in [1.29, 1.82) is 0 Å². The maximum Gasteiger partial charge on any atom is 0.136 e. The van der Waals surface area contributed by atoms with Gasteiger partial charge in [-0.05, 0) is 90.2 Å². The van der Waals surface area contributed by atoms with Crippen molar-refractivity contribution in [3.8, 4) is 0 Å². The zero-order chi connectivity index (χ0) is 19.3. The van der Waals surface area contributed by atoms with Gasteiger partial charge >= 0.3 is 0 Å². The van der Waals surface area contributed by atoms with Gasteiger partial charge in [0.05, 0.1) is 6.10 Å². The lowest BCUT2D eigenvalue weighted by atomic mass is 9.75. The van der Waals surface area contributed by atoms with E-state index in [4.69, 9.17) is 0 Å². The van der Waals surface area contributed by atoms with Crippen LogP contribution in [-0.4, -0.2) is 17.0 Å². The van der Waals surface area contributed by atoms with Crippen LogP contribution in [-0.2, 0) is 17.6 Å². The van der Waals surface area contributed by atoms with E-state index >= 15 is 0 Å². The van der Waals surface area contributed by atoms with Gasteiger partial charge in [0.1, 0.15) is 5.78 Å². The number of hydrogen-bond donors (Lipinski definition) is 1. The fourth-order valence-corrected chi connectivity index (χ4v) is 5.60. The molecule has 0 saturated heterocycles. The summed E-state index contributed by atoms with van der Waals surface area (Å²) in [4.78, 5) is 12.4. The number of aryl methyl sites for hydroxylation is 2. The van der Waals surface area contributed by atoms with Crippen molar-refractivity contribution in [2.45, 2.75) is 51.6 Å². The summed E-state index contributed by atoms with van der Waals surface area (Å²) in [6.45, 7) is 1.70. The SMILES string of the molecule is CC(=O)C1C=C(C2=CC=CC2)CC1C1C=c2cc3c(cc2=CC1O)CCCC3. The molecule has 28 heavy (non-hydrogen) atoms. The molecule has 4 atom stereocenters. The van der Waals surface area contributed by atoms with E-state index < -0.39 is 6.10 Å². The van der Waals surface area contributed by atoms with Crippen molar-refractivity contribution < 1.29 is 9.90 Å². The van der Waals surface area contributed by atoms with Crippen molar-refractivity contribution in [2.24, 2.45) is 17.8 Å². The summed E-state index contributed by atoms with van der Waals surface area (Å²) in [6.07, 6.45) is 19.1. The first kappa shape index (κ1) is 17.9. The predicted octanol–water partition coefficient (Wildman–Crippen LogP) is 3.15. The Labute approximate surface area is 166 Å². The summed E-state index contributed by atoms with van der Waals surface area (Å²) in [6, 6.07) is 4.63. The Kier molecular flexibility index (Phi) is 4.47. The molecule has 4 aliphatic rings. The third-order valence-electron chi connectivity index (χ3n) is 7.11. The predicted molar refractivity (Wildman–Crippen MR) is 113 cm³/mol. The van der Waals surface area contributed by atoms with E-state index in [1.807, 2.05) is 6.08 Å². The first-order valence-corrected chi connectivity index (χ1v) is 10.7. The minimum atomic E-state index is -0.524. The summed E-state index contributed by atoms with van der Waals surface area (Å²) in [5.74, 6) is 0.250. The van der Waals surface area contributed by atoms with Crippen LogP contribution in [0.15, 0.2) is 47.6 Å². The Morgan fingerprint density at radius 3 is 2.36 bits per heavy atom. The second kappa shape index (κ2) is 7.00. The fourth-order valence-electron chi connectivity index (χ4n) is 5.60. The molecule has 2 nitrogen and oxygen atoms in total. The maximum absolute atomic E-state index is 12.4. The van der Waals surface area contributed by atoms with E-state index in [0.29, 0.717) is 0 Å². The normalized spacial score (nSPS) is 30.6.